The van der Waals surface area contributed by atoms with Crippen LogP contribution in [-0.4, -0.2) is 45.8 Å². The van der Waals surface area contributed by atoms with E-state index in [-0.39, 0.29) is 22.9 Å². The highest BCUT2D eigenvalue weighted by Crippen LogP contribution is 2.27. The maximum absolute atomic E-state index is 13.3. The van der Waals surface area contributed by atoms with Crippen molar-refractivity contribution in [1.29, 1.82) is 0 Å². The number of phenols is 1. The molecular formula is C34H31N3O7S. The first-order chi connectivity index (χ1) is 21.6. The van der Waals surface area contributed by atoms with Crippen molar-refractivity contribution in [2.75, 3.05) is 17.2 Å². The fourth-order valence-electron chi connectivity index (χ4n) is 4.04. The molecule has 0 aliphatic rings. The minimum atomic E-state index is -1.31. The van der Waals surface area contributed by atoms with Gasteiger partial charge in [0, 0.05) is 21.8 Å². The van der Waals surface area contributed by atoms with Crippen LogP contribution in [0.2, 0.25) is 0 Å². The Morgan fingerprint density at radius 2 is 1.53 bits per heavy atom. The lowest BCUT2D eigenvalue weighted by molar-refractivity contribution is -0.115. The van der Waals surface area contributed by atoms with Crippen LogP contribution in [0.15, 0.2) is 108 Å². The van der Waals surface area contributed by atoms with E-state index < -0.39 is 28.8 Å². The number of aromatic hydroxyl groups is 1. The van der Waals surface area contributed by atoms with Crippen LogP contribution in [0.3, 0.4) is 0 Å². The first-order valence-electron chi connectivity index (χ1n) is 13.9. The number of thioether (sulfide) groups is 1. The van der Waals surface area contributed by atoms with Gasteiger partial charge in [-0.25, -0.2) is 4.79 Å². The molecule has 5 N–H and O–H groups in total. The van der Waals surface area contributed by atoms with Crippen molar-refractivity contribution >= 4 is 52.9 Å². The number of nitrogens with one attached hydrogen (secondary N) is 3. The minimum absolute atomic E-state index is 0.0389. The van der Waals surface area contributed by atoms with Gasteiger partial charge >= 0.3 is 5.97 Å². The first-order valence-corrected chi connectivity index (χ1v) is 14.8. The molecule has 4 aromatic rings. The summed E-state index contributed by atoms with van der Waals surface area (Å²) in [4.78, 5) is 51.0. The van der Waals surface area contributed by atoms with Crippen LogP contribution in [0.25, 0.3) is 6.08 Å². The van der Waals surface area contributed by atoms with Gasteiger partial charge in [-0.1, -0.05) is 30.3 Å². The van der Waals surface area contributed by atoms with Gasteiger partial charge in [0.1, 0.15) is 22.8 Å². The number of anilines is 2. The Hall–Kier alpha value is -5.55. The van der Waals surface area contributed by atoms with Gasteiger partial charge in [-0.15, -0.1) is 11.8 Å². The van der Waals surface area contributed by atoms with Gasteiger partial charge in [0.2, 0.25) is 5.91 Å². The molecule has 0 heterocycles. The zero-order valence-electron chi connectivity index (χ0n) is 24.4. The highest BCUT2D eigenvalue weighted by Gasteiger charge is 2.18. The molecule has 0 saturated carbocycles. The Labute approximate surface area is 264 Å². The van der Waals surface area contributed by atoms with E-state index in [0.29, 0.717) is 29.2 Å². The Morgan fingerprint density at radius 3 is 2.18 bits per heavy atom. The van der Waals surface area contributed by atoms with Crippen molar-refractivity contribution in [2.24, 2.45) is 0 Å². The first kappa shape index (κ1) is 32.4. The minimum Gasteiger partial charge on any atom is -0.507 e. The molecule has 4 rings (SSSR count). The Kier molecular flexibility index (Phi) is 11.0. The maximum Gasteiger partial charge on any atom is 0.339 e. The van der Waals surface area contributed by atoms with Gasteiger partial charge in [-0.3, -0.25) is 14.4 Å². The molecule has 0 aliphatic heterocycles. The molecule has 0 saturated heterocycles. The fourth-order valence-corrected chi connectivity index (χ4v) is 4.91. The van der Waals surface area contributed by atoms with E-state index in [1.54, 1.807) is 91.9 Å². The second-order valence-corrected chi connectivity index (χ2v) is 11.1. The molecule has 1 unspecified atom stereocenters. The number of carbonyl (C=O) groups is 4. The van der Waals surface area contributed by atoms with Crippen molar-refractivity contribution in [2.45, 2.75) is 24.0 Å². The summed E-state index contributed by atoms with van der Waals surface area (Å²) in [5, 5.41) is 26.5. The summed E-state index contributed by atoms with van der Waals surface area (Å²) in [6.07, 6.45) is 1.57. The zero-order chi connectivity index (χ0) is 32.3. The molecule has 1 atom stereocenters. The van der Waals surface area contributed by atoms with Crippen LogP contribution in [-0.2, 0) is 9.59 Å². The molecule has 10 nitrogen and oxygen atoms in total. The molecule has 0 radical (unpaired) electrons. The van der Waals surface area contributed by atoms with Crippen LogP contribution in [0.5, 0.6) is 11.5 Å². The summed E-state index contributed by atoms with van der Waals surface area (Å²) < 4.78 is 5.48. The van der Waals surface area contributed by atoms with E-state index in [1.165, 1.54) is 30.0 Å². The van der Waals surface area contributed by atoms with E-state index in [9.17, 15) is 29.4 Å². The fraction of sp³-hybridized carbons (Fsp3) is 0.118. The number of hydrogen-bond donors (Lipinski definition) is 5. The lowest BCUT2D eigenvalue weighted by Crippen LogP contribution is -2.30. The van der Waals surface area contributed by atoms with E-state index in [4.69, 9.17) is 4.74 Å². The molecule has 0 aliphatic carbocycles. The molecule has 45 heavy (non-hydrogen) atoms. The number of carboxylic acids is 1. The molecule has 0 bridgehead atoms. The normalized spacial score (nSPS) is 11.6. The van der Waals surface area contributed by atoms with Crippen LogP contribution >= 0.6 is 11.8 Å². The summed E-state index contributed by atoms with van der Waals surface area (Å²) in [5.74, 6) is -2.35. The van der Waals surface area contributed by atoms with E-state index in [1.807, 2.05) is 6.92 Å². The van der Waals surface area contributed by atoms with Gasteiger partial charge in [-0.05, 0) is 92.2 Å². The van der Waals surface area contributed by atoms with Crippen molar-refractivity contribution in [1.82, 2.24) is 5.32 Å². The second-order valence-electron chi connectivity index (χ2n) is 9.65. The quantitative estimate of drug-likeness (QED) is 0.0728. The summed E-state index contributed by atoms with van der Waals surface area (Å²) in [6, 6.07) is 26.3. The Morgan fingerprint density at radius 1 is 0.867 bits per heavy atom. The van der Waals surface area contributed by atoms with Gasteiger partial charge in [0.05, 0.1) is 11.9 Å². The van der Waals surface area contributed by atoms with E-state index in [2.05, 4.69) is 16.0 Å². The Balaban J connectivity index is 1.43. The lowest BCUT2D eigenvalue weighted by atomic mass is 10.1. The average molecular weight is 626 g/mol. The smallest absolute Gasteiger partial charge is 0.339 e. The van der Waals surface area contributed by atoms with Gasteiger partial charge in [0.25, 0.3) is 11.8 Å². The van der Waals surface area contributed by atoms with Crippen LogP contribution < -0.4 is 20.7 Å². The number of carboxylic acid groups (broad SMARTS) is 1. The van der Waals surface area contributed by atoms with Crippen LogP contribution in [0, 0.1) is 0 Å². The summed E-state index contributed by atoms with van der Waals surface area (Å²) in [7, 11) is 0. The molecule has 0 fully saturated rings. The van der Waals surface area contributed by atoms with Crippen LogP contribution in [0.1, 0.15) is 40.1 Å². The predicted molar refractivity (Wildman–Crippen MR) is 174 cm³/mol. The van der Waals surface area contributed by atoms with Gasteiger partial charge in [0.15, 0.2) is 0 Å². The molecule has 0 spiro atoms. The van der Waals surface area contributed by atoms with E-state index in [0.717, 1.165) is 4.90 Å². The van der Waals surface area contributed by atoms with Crippen molar-refractivity contribution in [3.8, 4) is 11.5 Å². The average Bonchev–Trinajstić information content (AvgIpc) is 3.03. The molecule has 4 aromatic carbocycles. The van der Waals surface area contributed by atoms with Crippen molar-refractivity contribution < 1.29 is 34.1 Å². The highest BCUT2D eigenvalue weighted by atomic mass is 32.2. The molecule has 3 amide bonds. The number of hydrogen-bond acceptors (Lipinski definition) is 7. The second kappa shape index (κ2) is 15.3. The van der Waals surface area contributed by atoms with Crippen LogP contribution in [0.4, 0.5) is 11.4 Å². The maximum atomic E-state index is 13.3. The molecular weight excluding hydrogens is 594 g/mol. The number of amides is 3. The SMILES string of the molecule is CCOc1ccc(/C=C(\NC(=O)c2ccccc2)C(=O)Nc2ccc(SC(C)C(=O)Nc3ccc(O)c(C(=O)O)c3)cc2)cc1. The predicted octanol–water partition coefficient (Wildman–Crippen LogP) is 6.02. The molecule has 11 heteroatoms. The zero-order valence-corrected chi connectivity index (χ0v) is 25.3. The summed E-state index contributed by atoms with van der Waals surface area (Å²) >= 11 is 1.26. The van der Waals surface area contributed by atoms with Crippen molar-refractivity contribution in [3.05, 3.63) is 119 Å². The number of benzene rings is 4. The topological polar surface area (TPSA) is 154 Å². The Bertz CT molecular complexity index is 1710. The summed E-state index contributed by atoms with van der Waals surface area (Å²) in [5.41, 5.74) is 1.52. The number of aromatic carboxylic acids is 1. The van der Waals surface area contributed by atoms with Crippen molar-refractivity contribution in [3.63, 3.8) is 0 Å². The highest BCUT2D eigenvalue weighted by molar-refractivity contribution is 8.00. The van der Waals surface area contributed by atoms with E-state index >= 15 is 0 Å². The number of ether oxygens (including phenoxy) is 1. The molecule has 230 valence electrons. The molecule has 0 aromatic heterocycles. The van der Waals surface area contributed by atoms with Gasteiger partial charge < -0.3 is 30.9 Å². The third-order valence-corrected chi connectivity index (χ3v) is 7.43. The number of carbonyl (C=O) groups excluding carboxylic acids is 3. The monoisotopic (exact) mass is 625 g/mol. The standard InChI is InChI=1S/C34H31N3O7S/c1-3-44-26-14-9-22(10-15-26)19-29(37-32(40)23-7-5-4-6-8-23)33(41)35-24-11-16-27(17-12-24)45-21(2)31(39)36-25-13-18-30(38)28(20-25)34(42)43/h4-21,38H,3H2,1-2H3,(H,35,41)(H,36,39)(H,37,40)(H,42,43)/b29-19-. The largest absolute Gasteiger partial charge is 0.507 e. The third-order valence-electron chi connectivity index (χ3n) is 6.32. The summed E-state index contributed by atoms with van der Waals surface area (Å²) in [6.45, 7) is 4.10. The third kappa shape index (κ3) is 9.22. The van der Waals surface area contributed by atoms with Gasteiger partial charge in [-0.2, -0.15) is 0 Å². The number of rotatable bonds is 12. The lowest BCUT2D eigenvalue weighted by Gasteiger charge is -2.14.